The van der Waals surface area contributed by atoms with Gasteiger partial charge in [-0.2, -0.15) is 0 Å². The topological polar surface area (TPSA) is 52.7 Å². The van der Waals surface area contributed by atoms with Crippen molar-refractivity contribution in [1.82, 2.24) is 10.2 Å². The fourth-order valence-corrected chi connectivity index (χ4v) is 3.43. The summed E-state index contributed by atoms with van der Waals surface area (Å²) in [6.07, 6.45) is 5.85. The van der Waals surface area contributed by atoms with E-state index in [2.05, 4.69) is 5.32 Å². The predicted molar refractivity (Wildman–Crippen MR) is 99.8 cm³/mol. The number of likely N-dealkylation sites (tertiary alicyclic amines) is 1. The molecule has 5 nitrogen and oxygen atoms in total. The van der Waals surface area contributed by atoms with Gasteiger partial charge in [0.15, 0.2) is 0 Å². The molecule has 2 fully saturated rings. The quantitative estimate of drug-likeness (QED) is 0.864. The van der Waals surface area contributed by atoms with Gasteiger partial charge in [-0.15, -0.1) is 0 Å². The van der Waals surface area contributed by atoms with Crippen molar-refractivity contribution in [2.75, 3.05) is 32.1 Å². The number of rotatable bonds is 6. The Morgan fingerprint density at radius 3 is 2.52 bits per heavy atom. The van der Waals surface area contributed by atoms with E-state index < -0.39 is 0 Å². The van der Waals surface area contributed by atoms with E-state index in [9.17, 15) is 9.59 Å². The molecule has 1 aliphatic carbocycles. The van der Waals surface area contributed by atoms with Gasteiger partial charge in [0, 0.05) is 50.9 Å². The summed E-state index contributed by atoms with van der Waals surface area (Å²) < 4.78 is 0. The molecular weight excluding hydrogens is 314 g/mol. The lowest BCUT2D eigenvalue weighted by atomic mass is 9.92. The van der Waals surface area contributed by atoms with Gasteiger partial charge < -0.3 is 15.1 Å². The molecule has 0 aromatic heterocycles. The van der Waals surface area contributed by atoms with Gasteiger partial charge >= 0.3 is 0 Å². The molecule has 0 bridgehead atoms. The lowest BCUT2D eigenvalue weighted by Gasteiger charge is -2.33. The Morgan fingerprint density at radius 2 is 1.88 bits per heavy atom. The maximum atomic E-state index is 12.8. The maximum Gasteiger partial charge on any atom is 0.253 e. The highest BCUT2D eigenvalue weighted by atomic mass is 16.2. The van der Waals surface area contributed by atoms with Crippen LogP contribution in [0.5, 0.6) is 0 Å². The second-order valence-corrected chi connectivity index (χ2v) is 7.58. The van der Waals surface area contributed by atoms with Crippen molar-refractivity contribution >= 4 is 17.5 Å². The van der Waals surface area contributed by atoms with E-state index in [0.29, 0.717) is 18.4 Å². The molecule has 2 amide bonds. The molecule has 1 unspecified atom stereocenters. The summed E-state index contributed by atoms with van der Waals surface area (Å²) in [4.78, 5) is 28.6. The van der Waals surface area contributed by atoms with Crippen molar-refractivity contribution in [3.63, 3.8) is 0 Å². The smallest absolute Gasteiger partial charge is 0.253 e. The molecule has 1 N–H and O–H groups in total. The molecule has 136 valence electrons. The molecule has 5 heteroatoms. The molecule has 1 aromatic carbocycles. The van der Waals surface area contributed by atoms with E-state index in [1.54, 1.807) is 0 Å². The van der Waals surface area contributed by atoms with Crippen molar-refractivity contribution < 1.29 is 9.59 Å². The van der Waals surface area contributed by atoms with Gasteiger partial charge in [-0.1, -0.05) is 0 Å². The minimum Gasteiger partial charge on any atom is -0.378 e. The Balaban J connectivity index is 1.51. The number of benzene rings is 1. The number of nitrogens with zero attached hydrogens (tertiary/aromatic N) is 2. The molecule has 3 rings (SSSR count). The van der Waals surface area contributed by atoms with E-state index in [-0.39, 0.29) is 11.8 Å². The van der Waals surface area contributed by atoms with Crippen LogP contribution in [0.15, 0.2) is 24.3 Å². The van der Waals surface area contributed by atoms with Gasteiger partial charge in [0.1, 0.15) is 0 Å². The maximum absolute atomic E-state index is 12.8. The lowest BCUT2D eigenvalue weighted by Crippen LogP contribution is -2.40. The summed E-state index contributed by atoms with van der Waals surface area (Å²) in [6, 6.07) is 8.21. The van der Waals surface area contributed by atoms with Gasteiger partial charge in [0.25, 0.3) is 5.91 Å². The number of hydrogen-bond donors (Lipinski definition) is 1. The van der Waals surface area contributed by atoms with Crippen LogP contribution in [0.2, 0.25) is 0 Å². The van der Waals surface area contributed by atoms with Crippen molar-refractivity contribution in [2.24, 2.45) is 5.92 Å². The van der Waals surface area contributed by atoms with Gasteiger partial charge in [-0.25, -0.2) is 0 Å². The fraction of sp³-hybridized carbons (Fsp3) is 0.600. The highest BCUT2D eigenvalue weighted by Crippen LogP contribution is 2.24. The zero-order valence-electron chi connectivity index (χ0n) is 15.3. The van der Waals surface area contributed by atoms with E-state index in [0.717, 1.165) is 56.4 Å². The summed E-state index contributed by atoms with van der Waals surface area (Å²) in [5.74, 6) is 0.714. The zero-order chi connectivity index (χ0) is 17.8. The molecule has 1 saturated carbocycles. The van der Waals surface area contributed by atoms with Crippen LogP contribution >= 0.6 is 0 Å². The van der Waals surface area contributed by atoms with Crippen LogP contribution in [-0.4, -0.2) is 49.9 Å². The van der Waals surface area contributed by atoms with Crippen molar-refractivity contribution in [3.8, 4) is 0 Å². The highest BCUT2D eigenvalue weighted by molar-refractivity contribution is 5.94. The Labute approximate surface area is 150 Å². The molecule has 1 aromatic rings. The number of hydrogen-bond acceptors (Lipinski definition) is 3. The summed E-state index contributed by atoms with van der Waals surface area (Å²) in [5.41, 5.74) is 1.84. The molecule has 1 saturated heterocycles. The number of amides is 2. The highest BCUT2D eigenvalue weighted by Gasteiger charge is 2.26. The Hall–Kier alpha value is -2.04. The largest absolute Gasteiger partial charge is 0.378 e. The minimum atomic E-state index is 0.109. The van der Waals surface area contributed by atoms with Crippen LogP contribution in [0, 0.1) is 5.92 Å². The third-order valence-electron chi connectivity index (χ3n) is 5.16. The average Bonchev–Trinajstić information content (AvgIpc) is 3.43. The SMILES string of the molecule is CN(C)c1ccc(C(=O)N2CCCC(CCC(=O)NC3CC3)C2)cc1. The third kappa shape index (κ3) is 4.97. The number of anilines is 1. The summed E-state index contributed by atoms with van der Waals surface area (Å²) in [6.45, 7) is 1.59. The second-order valence-electron chi connectivity index (χ2n) is 7.58. The summed E-state index contributed by atoms with van der Waals surface area (Å²) >= 11 is 0. The van der Waals surface area contributed by atoms with E-state index in [1.807, 2.05) is 48.2 Å². The lowest BCUT2D eigenvalue weighted by molar-refractivity contribution is -0.121. The molecule has 1 aliphatic heterocycles. The van der Waals surface area contributed by atoms with Crippen LogP contribution in [0.4, 0.5) is 5.69 Å². The van der Waals surface area contributed by atoms with Crippen LogP contribution in [0.1, 0.15) is 48.9 Å². The predicted octanol–water partition coefficient (Wildman–Crippen LogP) is 2.66. The molecule has 0 radical (unpaired) electrons. The monoisotopic (exact) mass is 343 g/mol. The van der Waals surface area contributed by atoms with Crippen LogP contribution in [0.25, 0.3) is 0 Å². The first-order valence-corrected chi connectivity index (χ1v) is 9.39. The first-order chi connectivity index (χ1) is 12.0. The molecular formula is C20H29N3O2. The van der Waals surface area contributed by atoms with Crippen LogP contribution in [0.3, 0.4) is 0 Å². The number of piperidine rings is 1. The van der Waals surface area contributed by atoms with Gasteiger partial charge in [-0.05, 0) is 62.3 Å². The minimum absolute atomic E-state index is 0.109. The van der Waals surface area contributed by atoms with E-state index in [4.69, 9.17) is 0 Å². The Bertz CT molecular complexity index is 608. The second kappa shape index (κ2) is 7.89. The average molecular weight is 343 g/mol. The first kappa shape index (κ1) is 17.8. The van der Waals surface area contributed by atoms with Crippen LogP contribution < -0.4 is 10.2 Å². The van der Waals surface area contributed by atoms with E-state index >= 15 is 0 Å². The molecule has 1 atom stereocenters. The van der Waals surface area contributed by atoms with Gasteiger partial charge in [0.05, 0.1) is 0 Å². The Morgan fingerprint density at radius 1 is 1.16 bits per heavy atom. The third-order valence-corrected chi connectivity index (χ3v) is 5.16. The first-order valence-electron chi connectivity index (χ1n) is 9.39. The fourth-order valence-electron chi connectivity index (χ4n) is 3.43. The number of carbonyl (C=O) groups is 2. The van der Waals surface area contributed by atoms with Gasteiger partial charge in [-0.3, -0.25) is 9.59 Å². The van der Waals surface area contributed by atoms with Gasteiger partial charge in [0.2, 0.25) is 5.91 Å². The van der Waals surface area contributed by atoms with E-state index in [1.165, 1.54) is 0 Å². The Kier molecular flexibility index (Phi) is 5.61. The van der Waals surface area contributed by atoms with Crippen molar-refractivity contribution in [3.05, 3.63) is 29.8 Å². The normalized spacial score (nSPS) is 20.2. The number of nitrogens with one attached hydrogen (secondary N) is 1. The van der Waals surface area contributed by atoms with Crippen molar-refractivity contribution in [1.29, 1.82) is 0 Å². The van der Waals surface area contributed by atoms with Crippen LogP contribution in [-0.2, 0) is 4.79 Å². The molecule has 2 aliphatic rings. The number of carbonyl (C=O) groups excluding carboxylic acids is 2. The summed E-state index contributed by atoms with van der Waals surface area (Å²) in [5, 5.41) is 3.04. The molecule has 25 heavy (non-hydrogen) atoms. The summed E-state index contributed by atoms with van der Waals surface area (Å²) in [7, 11) is 3.98. The molecule has 1 heterocycles. The molecule has 0 spiro atoms. The van der Waals surface area contributed by atoms with Crippen molar-refractivity contribution in [2.45, 2.75) is 44.6 Å². The zero-order valence-corrected chi connectivity index (χ0v) is 15.3. The standard InChI is InChI=1S/C20H29N3O2/c1-22(2)18-10-6-16(7-11-18)20(25)23-13-3-4-15(14-23)5-12-19(24)21-17-8-9-17/h6-7,10-11,15,17H,3-5,8-9,12-14H2,1-2H3,(H,21,24).